The van der Waals surface area contributed by atoms with Gasteiger partial charge in [-0.05, 0) is 51.7 Å². The van der Waals surface area contributed by atoms with Gasteiger partial charge in [-0.1, -0.05) is 19.9 Å². The molecule has 1 aromatic rings. The maximum absolute atomic E-state index is 11.8. The van der Waals surface area contributed by atoms with Crippen LogP contribution in [0, 0.1) is 11.8 Å². The molecule has 0 aliphatic heterocycles. The highest BCUT2D eigenvalue weighted by atomic mass is 16.6. The van der Waals surface area contributed by atoms with E-state index in [4.69, 9.17) is 4.74 Å². The second kappa shape index (κ2) is 8.87. The summed E-state index contributed by atoms with van der Waals surface area (Å²) in [5.41, 5.74) is 0.554. The molecule has 0 bridgehead atoms. The predicted molar refractivity (Wildman–Crippen MR) is 93.2 cm³/mol. The Morgan fingerprint density at radius 2 is 1.91 bits per heavy atom. The first kappa shape index (κ1) is 19.4. The molecular weight excluding hydrogens is 290 g/mol. The fraction of sp³-hybridized carbons (Fsp3) is 0.667. The van der Waals surface area contributed by atoms with Crippen molar-refractivity contribution in [2.24, 2.45) is 11.8 Å². The third-order valence-electron chi connectivity index (χ3n) is 3.67. The lowest BCUT2D eigenvalue weighted by atomic mass is 9.95. The number of hydrogen-bond donors (Lipinski definition) is 2. The molecule has 0 aliphatic carbocycles. The van der Waals surface area contributed by atoms with Crippen molar-refractivity contribution in [1.82, 2.24) is 15.6 Å². The lowest BCUT2D eigenvalue weighted by Crippen LogP contribution is -2.40. The van der Waals surface area contributed by atoms with E-state index in [-0.39, 0.29) is 12.1 Å². The summed E-state index contributed by atoms with van der Waals surface area (Å²) in [5, 5.41) is 6.37. The van der Waals surface area contributed by atoms with Crippen molar-refractivity contribution in [1.29, 1.82) is 0 Å². The molecule has 0 saturated carbocycles. The Balaban J connectivity index is 2.45. The van der Waals surface area contributed by atoms with Gasteiger partial charge in [-0.25, -0.2) is 4.79 Å². The molecule has 2 N–H and O–H groups in total. The van der Waals surface area contributed by atoms with E-state index in [0.29, 0.717) is 18.4 Å². The van der Waals surface area contributed by atoms with Gasteiger partial charge in [-0.2, -0.15) is 0 Å². The van der Waals surface area contributed by atoms with Gasteiger partial charge in [0.25, 0.3) is 0 Å². The predicted octanol–water partition coefficient (Wildman–Crippen LogP) is 3.53. The first-order valence-corrected chi connectivity index (χ1v) is 8.30. The minimum absolute atomic E-state index is 0.180. The number of hydrogen-bond acceptors (Lipinski definition) is 4. The summed E-state index contributed by atoms with van der Waals surface area (Å²) in [6, 6.07) is 6.10. The van der Waals surface area contributed by atoms with Crippen LogP contribution in [-0.2, 0) is 4.74 Å². The van der Waals surface area contributed by atoms with Crippen LogP contribution in [0.1, 0.15) is 53.3 Å². The standard InChI is InChI=1S/C18H31N3O2/c1-13(2)15(12-21-17(22)23-18(4,5)6)11-20-14(3)16-9-7-8-10-19-16/h7-10,13-15,20H,11-12H2,1-6H3,(H,21,22)/t14-,15?/m0/s1. The third kappa shape index (κ3) is 7.98. The maximum Gasteiger partial charge on any atom is 0.407 e. The zero-order valence-electron chi connectivity index (χ0n) is 15.2. The zero-order chi connectivity index (χ0) is 17.5. The van der Waals surface area contributed by atoms with Crippen LogP contribution in [0.3, 0.4) is 0 Å². The van der Waals surface area contributed by atoms with Crippen molar-refractivity contribution < 1.29 is 9.53 Å². The van der Waals surface area contributed by atoms with Crippen molar-refractivity contribution in [2.75, 3.05) is 13.1 Å². The summed E-state index contributed by atoms with van der Waals surface area (Å²) in [6.45, 7) is 13.4. The summed E-state index contributed by atoms with van der Waals surface area (Å²) < 4.78 is 5.28. The van der Waals surface area contributed by atoms with Gasteiger partial charge in [0.2, 0.25) is 0 Å². The second-order valence-corrected chi connectivity index (χ2v) is 7.27. The fourth-order valence-electron chi connectivity index (χ4n) is 2.14. The molecule has 0 fully saturated rings. The lowest BCUT2D eigenvalue weighted by molar-refractivity contribution is 0.0514. The molecule has 1 heterocycles. The van der Waals surface area contributed by atoms with E-state index in [9.17, 15) is 4.79 Å². The van der Waals surface area contributed by atoms with Crippen LogP contribution in [-0.4, -0.2) is 29.8 Å². The van der Waals surface area contributed by atoms with Crippen molar-refractivity contribution >= 4 is 6.09 Å². The molecule has 1 unspecified atom stereocenters. The van der Waals surface area contributed by atoms with Gasteiger partial charge in [-0.15, -0.1) is 0 Å². The lowest BCUT2D eigenvalue weighted by Gasteiger charge is -2.25. The van der Waals surface area contributed by atoms with Crippen LogP contribution in [0.15, 0.2) is 24.4 Å². The van der Waals surface area contributed by atoms with Crippen LogP contribution in [0.5, 0.6) is 0 Å². The number of rotatable bonds is 7. The molecule has 130 valence electrons. The van der Waals surface area contributed by atoms with Gasteiger partial charge in [0.15, 0.2) is 0 Å². The Bertz CT molecular complexity index is 469. The Morgan fingerprint density at radius 3 is 2.43 bits per heavy atom. The van der Waals surface area contributed by atoms with Crippen LogP contribution in [0.4, 0.5) is 4.79 Å². The molecule has 1 rings (SSSR count). The molecule has 0 radical (unpaired) electrons. The number of nitrogens with one attached hydrogen (secondary N) is 2. The first-order chi connectivity index (χ1) is 10.7. The van der Waals surface area contributed by atoms with E-state index in [2.05, 4.69) is 36.4 Å². The zero-order valence-corrected chi connectivity index (χ0v) is 15.2. The number of pyridine rings is 1. The van der Waals surface area contributed by atoms with Crippen LogP contribution >= 0.6 is 0 Å². The molecule has 2 atom stereocenters. The number of aromatic nitrogens is 1. The molecule has 0 aromatic carbocycles. The molecule has 1 aromatic heterocycles. The smallest absolute Gasteiger partial charge is 0.407 e. The fourth-order valence-corrected chi connectivity index (χ4v) is 2.14. The summed E-state index contributed by atoms with van der Waals surface area (Å²) in [6.07, 6.45) is 1.44. The molecule has 1 amide bonds. The largest absolute Gasteiger partial charge is 0.444 e. The van der Waals surface area contributed by atoms with E-state index in [1.165, 1.54) is 0 Å². The Labute approximate surface area is 140 Å². The number of alkyl carbamates (subject to hydrolysis) is 1. The highest BCUT2D eigenvalue weighted by Crippen LogP contribution is 2.13. The van der Waals surface area contributed by atoms with Crippen LogP contribution in [0.25, 0.3) is 0 Å². The molecule has 5 heteroatoms. The maximum atomic E-state index is 11.8. The number of ether oxygens (including phenoxy) is 1. The average molecular weight is 321 g/mol. The van der Waals surface area contributed by atoms with E-state index >= 15 is 0 Å². The minimum Gasteiger partial charge on any atom is -0.444 e. The normalized spacial score (nSPS) is 14.4. The molecule has 23 heavy (non-hydrogen) atoms. The van der Waals surface area contributed by atoms with Crippen molar-refractivity contribution in [3.8, 4) is 0 Å². The Morgan fingerprint density at radius 1 is 1.22 bits per heavy atom. The molecular formula is C18H31N3O2. The third-order valence-corrected chi connectivity index (χ3v) is 3.67. The first-order valence-electron chi connectivity index (χ1n) is 8.30. The molecule has 0 aliphatic rings. The Hall–Kier alpha value is -1.62. The van der Waals surface area contributed by atoms with Crippen molar-refractivity contribution in [3.63, 3.8) is 0 Å². The van der Waals surface area contributed by atoms with E-state index in [0.717, 1.165) is 12.2 Å². The van der Waals surface area contributed by atoms with E-state index in [1.807, 2.05) is 39.0 Å². The van der Waals surface area contributed by atoms with Gasteiger partial charge >= 0.3 is 6.09 Å². The second-order valence-electron chi connectivity index (χ2n) is 7.27. The topological polar surface area (TPSA) is 63.2 Å². The van der Waals surface area contributed by atoms with Crippen LogP contribution < -0.4 is 10.6 Å². The summed E-state index contributed by atoms with van der Waals surface area (Å²) in [7, 11) is 0. The van der Waals surface area contributed by atoms with E-state index in [1.54, 1.807) is 6.20 Å². The van der Waals surface area contributed by atoms with Gasteiger partial charge in [0.05, 0.1) is 5.69 Å². The molecule has 0 saturated heterocycles. The number of carbonyl (C=O) groups is 1. The van der Waals surface area contributed by atoms with Crippen molar-refractivity contribution in [3.05, 3.63) is 30.1 Å². The van der Waals surface area contributed by atoms with Gasteiger partial charge in [-0.3, -0.25) is 4.98 Å². The van der Waals surface area contributed by atoms with Crippen molar-refractivity contribution in [2.45, 2.75) is 53.2 Å². The molecule has 5 nitrogen and oxygen atoms in total. The molecule has 0 spiro atoms. The summed E-state index contributed by atoms with van der Waals surface area (Å²) in [5.74, 6) is 0.780. The summed E-state index contributed by atoms with van der Waals surface area (Å²) >= 11 is 0. The van der Waals surface area contributed by atoms with E-state index < -0.39 is 5.60 Å². The SMILES string of the molecule is CC(C)C(CNC(=O)OC(C)(C)C)CN[C@@H](C)c1ccccn1. The minimum atomic E-state index is -0.469. The highest BCUT2D eigenvalue weighted by molar-refractivity contribution is 5.67. The number of nitrogens with zero attached hydrogens (tertiary/aromatic N) is 1. The van der Waals surface area contributed by atoms with Gasteiger partial charge < -0.3 is 15.4 Å². The number of carbonyl (C=O) groups excluding carboxylic acids is 1. The monoisotopic (exact) mass is 321 g/mol. The Kier molecular flexibility index (Phi) is 7.49. The van der Waals surface area contributed by atoms with Gasteiger partial charge in [0.1, 0.15) is 5.60 Å². The van der Waals surface area contributed by atoms with Crippen LogP contribution in [0.2, 0.25) is 0 Å². The highest BCUT2D eigenvalue weighted by Gasteiger charge is 2.19. The quantitative estimate of drug-likeness (QED) is 0.806. The average Bonchev–Trinajstić information content (AvgIpc) is 2.45. The summed E-state index contributed by atoms with van der Waals surface area (Å²) in [4.78, 5) is 16.1. The van der Waals surface area contributed by atoms with Gasteiger partial charge in [0, 0.05) is 25.3 Å². The number of amides is 1.